The molecule has 1 aliphatic heterocycles. The summed E-state index contributed by atoms with van der Waals surface area (Å²) in [4.78, 5) is 29.0. The van der Waals surface area contributed by atoms with E-state index in [1.807, 2.05) is 11.4 Å². The minimum Gasteiger partial charge on any atom is -0.478 e. The Hall–Kier alpha value is -3.17. The fraction of sp³-hybridized carbons (Fsp3) is 0.238. The summed E-state index contributed by atoms with van der Waals surface area (Å²) >= 11 is 7.17. The van der Waals surface area contributed by atoms with Gasteiger partial charge in [0.15, 0.2) is 11.0 Å². The van der Waals surface area contributed by atoms with Gasteiger partial charge in [0.05, 0.1) is 21.8 Å². The van der Waals surface area contributed by atoms with Gasteiger partial charge in [0, 0.05) is 26.2 Å². The number of carboxylic acids is 1. The quantitative estimate of drug-likeness (QED) is 0.600. The number of amides is 1. The van der Waals surface area contributed by atoms with Crippen LogP contribution >= 0.6 is 22.9 Å². The predicted octanol–water partition coefficient (Wildman–Crippen LogP) is 3.86. The lowest BCUT2D eigenvalue weighted by molar-refractivity contribution is 0.0696. The summed E-state index contributed by atoms with van der Waals surface area (Å²) in [5, 5.41) is 22.5. The minimum absolute atomic E-state index is 0.123. The number of aromatic carboxylic acids is 1. The first-order chi connectivity index (χ1) is 15.0. The maximum atomic E-state index is 12.6. The number of anilines is 3. The van der Waals surface area contributed by atoms with Crippen molar-refractivity contribution >= 4 is 52.0 Å². The van der Waals surface area contributed by atoms with Crippen molar-refractivity contribution in [3.8, 4) is 0 Å². The smallest absolute Gasteiger partial charge is 0.335 e. The molecular formula is C21H20ClN5O3S. The van der Waals surface area contributed by atoms with Crippen molar-refractivity contribution in [2.24, 2.45) is 0 Å². The Balaban J connectivity index is 1.56. The second-order valence-corrected chi connectivity index (χ2v) is 8.35. The Bertz CT molecular complexity index is 1080. The molecule has 0 unspecified atom stereocenters. The molecule has 10 heteroatoms. The number of carbonyl (C=O) groups is 2. The molecule has 8 nitrogen and oxygen atoms in total. The average Bonchev–Trinajstić information content (AvgIpc) is 3.20. The molecule has 0 radical (unpaired) electrons. The summed E-state index contributed by atoms with van der Waals surface area (Å²) in [6, 6.07) is 11.9. The number of carbonyl (C=O) groups excluding carboxylic acids is 1. The number of nitrogens with one attached hydrogen (secondary N) is 1. The van der Waals surface area contributed by atoms with Gasteiger partial charge < -0.3 is 20.2 Å². The van der Waals surface area contributed by atoms with Crippen molar-refractivity contribution in [2.75, 3.05) is 41.3 Å². The summed E-state index contributed by atoms with van der Waals surface area (Å²) in [6.07, 6.45) is 0.864. The lowest BCUT2D eigenvalue weighted by Gasteiger charge is -2.26. The first kappa shape index (κ1) is 21.1. The number of nitrogens with zero attached hydrogens (tertiary/aromatic N) is 4. The molecule has 0 spiro atoms. The summed E-state index contributed by atoms with van der Waals surface area (Å²) in [5.74, 6) is -0.535. The monoisotopic (exact) mass is 457 g/mol. The standard InChI is InChI=1S/C21H20ClN5O3S/c22-18-6-7-19(25-24-18)27-9-2-8-26(10-11-27)16-5-4-14(21(29)30)13-15(16)23-20(28)17-3-1-12-31-17/h1,3-7,12-13H,2,8-11H2,(H,23,28)(H,29,30). The molecule has 1 saturated heterocycles. The number of benzene rings is 1. The van der Waals surface area contributed by atoms with Crippen LogP contribution in [-0.2, 0) is 0 Å². The molecule has 3 heterocycles. The molecule has 0 aliphatic carbocycles. The SMILES string of the molecule is O=C(O)c1ccc(N2CCCN(c3ccc(Cl)nn3)CC2)c(NC(=O)c2cccs2)c1. The molecule has 1 fully saturated rings. The predicted molar refractivity (Wildman–Crippen MR) is 122 cm³/mol. The van der Waals surface area contributed by atoms with Crippen LogP contribution in [0.1, 0.15) is 26.5 Å². The highest BCUT2D eigenvalue weighted by atomic mass is 35.5. The highest BCUT2D eigenvalue weighted by Crippen LogP contribution is 2.30. The zero-order chi connectivity index (χ0) is 21.8. The molecule has 0 bridgehead atoms. The van der Waals surface area contributed by atoms with E-state index in [2.05, 4.69) is 25.3 Å². The lowest BCUT2D eigenvalue weighted by atomic mass is 10.1. The van der Waals surface area contributed by atoms with Crippen LogP contribution in [0.15, 0.2) is 47.8 Å². The fourth-order valence-electron chi connectivity index (χ4n) is 3.50. The maximum absolute atomic E-state index is 12.6. The number of thiophene rings is 1. The van der Waals surface area contributed by atoms with Gasteiger partial charge in [-0.15, -0.1) is 21.5 Å². The number of halogens is 1. The lowest BCUT2D eigenvalue weighted by Crippen LogP contribution is -2.31. The van der Waals surface area contributed by atoms with Crippen LogP contribution in [0.4, 0.5) is 17.2 Å². The molecule has 2 aromatic heterocycles. The van der Waals surface area contributed by atoms with E-state index in [4.69, 9.17) is 11.6 Å². The summed E-state index contributed by atoms with van der Waals surface area (Å²) < 4.78 is 0. The molecule has 0 atom stereocenters. The van der Waals surface area contributed by atoms with Gasteiger partial charge in [-0.05, 0) is 48.2 Å². The van der Waals surface area contributed by atoms with Gasteiger partial charge in [0.1, 0.15) is 0 Å². The number of rotatable bonds is 5. The van der Waals surface area contributed by atoms with Crippen molar-refractivity contribution in [2.45, 2.75) is 6.42 Å². The van der Waals surface area contributed by atoms with Crippen LogP contribution in [0.25, 0.3) is 0 Å². The van der Waals surface area contributed by atoms with Crippen LogP contribution in [0, 0.1) is 0 Å². The van der Waals surface area contributed by atoms with Gasteiger partial charge in [-0.3, -0.25) is 4.79 Å². The fourth-order valence-corrected chi connectivity index (χ4v) is 4.22. The molecule has 3 aromatic rings. The second kappa shape index (κ2) is 9.32. The Morgan fingerprint density at radius 2 is 1.84 bits per heavy atom. The zero-order valence-electron chi connectivity index (χ0n) is 16.5. The van der Waals surface area contributed by atoms with Gasteiger partial charge >= 0.3 is 5.97 Å². The molecule has 1 aliphatic rings. The van der Waals surface area contributed by atoms with E-state index in [9.17, 15) is 14.7 Å². The molecule has 2 N–H and O–H groups in total. The molecule has 160 valence electrons. The molecule has 4 rings (SSSR count). The van der Waals surface area contributed by atoms with Gasteiger partial charge in [0.2, 0.25) is 0 Å². The van der Waals surface area contributed by atoms with Gasteiger partial charge in [-0.1, -0.05) is 17.7 Å². The van der Waals surface area contributed by atoms with Crippen molar-refractivity contribution in [1.82, 2.24) is 10.2 Å². The Labute approximate surface area is 188 Å². The van der Waals surface area contributed by atoms with Gasteiger partial charge in [-0.2, -0.15) is 0 Å². The van der Waals surface area contributed by atoms with Crippen molar-refractivity contribution in [3.05, 3.63) is 63.4 Å². The topological polar surface area (TPSA) is 98.7 Å². The van der Waals surface area contributed by atoms with Crippen LogP contribution in [0.3, 0.4) is 0 Å². The third kappa shape index (κ3) is 4.95. The summed E-state index contributed by atoms with van der Waals surface area (Å²) in [6.45, 7) is 2.94. The summed E-state index contributed by atoms with van der Waals surface area (Å²) in [7, 11) is 0. The van der Waals surface area contributed by atoms with Crippen molar-refractivity contribution < 1.29 is 14.7 Å². The average molecular weight is 458 g/mol. The highest BCUT2D eigenvalue weighted by Gasteiger charge is 2.21. The largest absolute Gasteiger partial charge is 0.478 e. The third-order valence-corrected chi connectivity index (χ3v) is 6.09. The number of hydrogen-bond acceptors (Lipinski definition) is 7. The van der Waals surface area contributed by atoms with Crippen LogP contribution in [0.5, 0.6) is 0 Å². The van der Waals surface area contributed by atoms with E-state index in [1.165, 1.54) is 17.4 Å². The molecule has 31 heavy (non-hydrogen) atoms. The number of hydrogen-bond donors (Lipinski definition) is 2. The Kier molecular flexibility index (Phi) is 6.34. The minimum atomic E-state index is -1.04. The van der Waals surface area contributed by atoms with E-state index in [0.29, 0.717) is 28.8 Å². The van der Waals surface area contributed by atoms with E-state index in [-0.39, 0.29) is 11.5 Å². The summed E-state index contributed by atoms with van der Waals surface area (Å²) in [5.41, 5.74) is 1.40. The van der Waals surface area contributed by atoms with E-state index in [0.717, 1.165) is 31.0 Å². The second-order valence-electron chi connectivity index (χ2n) is 7.01. The Morgan fingerprint density at radius 1 is 1.03 bits per heavy atom. The maximum Gasteiger partial charge on any atom is 0.335 e. The van der Waals surface area contributed by atoms with Crippen molar-refractivity contribution in [1.29, 1.82) is 0 Å². The van der Waals surface area contributed by atoms with E-state index >= 15 is 0 Å². The van der Waals surface area contributed by atoms with Crippen LogP contribution in [0.2, 0.25) is 5.15 Å². The number of aromatic nitrogens is 2. The normalized spacial score (nSPS) is 14.2. The Morgan fingerprint density at radius 3 is 2.55 bits per heavy atom. The van der Waals surface area contributed by atoms with Crippen molar-refractivity contribution in [3.63, 3.8) is 0 Å². The van der Waals surface area contributed by atoms with Crippen LogP contribution < -0.4 is 15.1 Å². The van der Waals surface area contributed by atoms with E-state index in [1.54, 1.807) is 30.3 Å². The first-order valence-corrected chi connectivity index (χ1v) is 11.0. The zero-order valence-corrected chi connectivity index (χ0v) is 18.1. The molecule has 0 saturated carbocycles. The third-order valence-electron chi connectivity index (χ3n) is 5.02. The van der Waals surface area contributed by atoms with E-state index < -0.39 is 5.97 Å². The first-order valence-electron chi connectivity index (χ1n) is 9.72. The highest BCUT2D eigenvalue weighted by molar-refractivity contribution is 7.12. The van der Waals surface area contributed by atoms with Gasteiger partial charge in [0.25, 0.3) is 5.91 Å². The molecular weight excluding hydrogens is 438 g/mol. The van der Waals surface area contributed by atoms with Crippen LogP contribution in [-0.4, -0.2) is 53.4 Å². The number of carboxylic acid groups (broad SMARTS) is 1. The molecule has 1 aromatic carbocycles. The van der Waals surface area contributed by atoms with Gasteiger partial charge in [-0.25, -0.2) is 4.79 Å². The molecule has 1 amide bonds.